The van der Waals surface area contributed by atoms with E-state index in [0.29, 0.717) is 19.6 Å². The Morgan fingerprint density at radius 1 is 1.10 bits per heavy atom. The summed E-state index contributed by atoms with van der Waals surface area (Å²) >= 11 is 1.46. The molecule has 1 aliphatic heterocycles. The predicted molar refractivity (Wildman–Crippen MR) is 121 cm³/mol. The smallest absolute Gasteiger partial charge is 0.258 e. The fraction of sp³-hybridized carbons (Fsp3) is 0.409. The molecule has 4 rings (SSSR count). The first kappa shape index (κ1) is 20.6. The zero-order valence-corrected chi connectivity index (χ0v) is 18.3. The standard InChI is InChI=1S/C22H27N5O2S/c1-3-25(4-2)19-7-5-17(6-8-19)21(29)26-11-9-24(10-12-26)16-18-15-20(28)27-13-14-30-22(27)23-18/h5-8,13-15H,3-4,9-12,16H2,1-2H3. The number of nitrogens with zero attached hydrogens (tertiary/aromatic N) is 5. The number of carbonyl (C=O) groups excluding carboxylic acids is 1. The Morgan fingerprint density at radius 3 is 2.47 bits per heavy atom. The second kappa shape index (κ2) is 8.97. The number of carbonyl (C=O) groups is 1. The summed E-state index contributed by atoms with van der Waals surface area (Å²) < 4.78 is 1.57. The minimum absolute atomic E-state index is 0.0433. The van der Waals surface area contributed by atoms with Gasteiger partial charge in [-0.2, -0.15) is 0 Å². The van der Waals surface area contributed by atoms with Crippen molar-refractivity contribution in [3.63, 3.8) is 0 Å². The van der Waals surface area contributed by atoms with E-state index in [0.717, 1.165) is 48.1 Å². The van der Waals surface area contributed by atoms with Crippen molar-refractivity contribution >= 4 is 27.9 Å². The van der Waals surface area contributed by atoms with Crippen LogP contribution in [0.2, 0.25) is 0 Å². The van der Waals surface area contributed by atoms with Gasteiger partial charge in [0.15, 0.2) is 4.96 Å². The van der Waals surface area contributed by atoms with Gasteiger partial charge in [0.25, 0.3) is 11.5 Å². The van der Waals surface area contributed by atoms with Crippen LogP contribution >= 0.6 is 11.3 Å². The molecule has 0 N–H and O–H groups in total. The average Bonchev–Trinajstić information content (AvgIpc) is 3.24. The normalized spacial score (nSPS) is 14.9. The first-order valence-corrected chi connectivity index (χ1v) is 11.3. The third kappa shape index (κ3) is 4.24. The van der Waals surface area contributed by atoms with Crippen molar-refractivity contribution in [2.75, 3.05) is 44.2 Å². The van der Waals surface area contributed by atoms with Gasteiger partial charge in [0, 0.05) is 74.7 Å². The van der Waals surface area contributed by atoms with Crippen molar-refractivity contribution in [1.29, 1.82) is 0 Å². The molecule has 30 heavy (non-hydrogen) atoms. The lowest BCUT2D eigenvalue weighted by atomic mass is 10.1. The van der Waals surface area contributed by atoms with Gasteiger partial charge in [0.1, 0.15) is 0 Å². The molecule has 8 heteroatoms. The lowest BCUT2D eigenvalue weighted by molar-refractivity contribution is 0.0627. The fourth-order valence-corrected chi connectivity index (χ4v) is 4.63. The zero-order valence-electron chi connectivity index (χ0n) is 17.5. The highest BCUT2D eigenvalue weighted by molar-refractivity contribution is 7.15. The number of aromatic nitrogens is 2. The van der Waals surface area contributed by atoms with Gasteiger partial charge in [-0.3, -0.25) is 18.9 Å². The van der Waals surface area contributed by atoms with Gasteiger partial charge in [-0.05, 0) is 38.1 Å². The Balaban J connectivity index is 1.35. The van der Waals surface area contributed by atoms with Crippen molar-refractivity contribution in [3.05, 3.63) is 63.5 Å². The van der Waals surface area contributed by atoms with Crippen LogP contribution in [-0.2, 0) is 6.54 Å². The largest absolute Gasteiger partial charge is 0.372 e. The SMILES string of the molecule is CCN(CC)c1ccc(C(=O)N2CCN(Cc3cc(=O)n4ccsc4n3)CC2)cc1. The third-order valence-electron chi connectivity index (χ3n) is 5.64. The first-order valence-electron chi connectivity index (χ1n) is 10.4. The van der Waals surface area contributed by atoms with E-state index in [-0.39, 0.29) is 11.5 Å². The summed E-state index contributed by atoms with van der Waals surface area (Å²) in [5, 5.41) is 1.87. The van der Waals surface area contributed by atoms with E-state index in [1.54, 1.807) is 16.7 Å². The Morgan fingerprint density at radius 2 is 1.80 bits per heavy atom. The van der Waals surface area contributed by atoms with Crippen LogP contribution in [0.1, 0.15) is 29.9 Å². The fourth-order valence-electron chi connectivity index (χ4n) is 3.89. The molecular weight excluding hydrogens is 398 g/mol. The predicted octanol–water partition coefficient (Wildman–Crippen LogP) is 2.56. The molecule has 0 atom stereocenters. The molecule has 0 unspecified atom stereocenters. The minimum Gasteiger partial charge on any atom is -0.372 e. The second-order valence-corrected chi connectivity index (χ2v) is 8.30. The lowest BCUT2D eigenvalue weighted by Gasteiger charge is -2.34. The van der Waals surface area contributed by atoms with Crippen LogP contribution in [0, 0.1) is 0 Å². The van der Waals surface area contributed by atoms with Gasteiger partial charge < -0.3 is 9.80 Å². The highest BCUT2D eigenvalue weighted by Gasteiger charge is 2.22. The van der Waals surface area contributed by atoms with Gasteiger partial charge in [0.2, 0.25) is 0 Å². The molecule has 0 radical (unpaired) electrons. The molecule has 1 aliphatic rings. The van der Waals surface area contributed by atoms with Crippen LogP contribution in [0.5, 0.6) is 0 Å². The van der Waals surface area contributed by atoms with E-state index < -0.39 is 0 Å². The number of hydrogen-bond donors (Lipinski definition) is 0. The van der Waals surface area contributed by atoms with E-state index in [1.165, 1.54) is 11.3 Å². The molecule has 3 heterocycles. The van der Waals surface area contributed by atoms with Gasteiger partial charge in [0.05, 0.1) is 5.69 Å². The lowest BCUT2D eigenvalue weighted by Crippen LogP contribution is -2.48. The summed E-state index contributed by atoms with van der Waals surface area (Å²) in [5.41, 5.74) is 2.62. The summed E-state index contributed by atoms with van der Waals surface area (Å²) in [6, 6.07) is 9.52. The quantitative estimate of drug-likeness (QED) is 0.608. The average molecular weight is 426 g/mol. The first-order chi connectivity index (χ1) is 14.6. The van der Waals surface area contributed by atoms with Crippen LogP contribution in [0.15, 0.2) is 46.7 Å². The topological polar surface area (TPSA) is 61.2 Å². The maximum Gasteiger partial charge on any atom is 0.258 e. The molecule has 158 valence electrons. The molecule has 1 aromatic carbocycles. The Kier molecular flexibility index (Phi) is 6.15. The number of hydrogen-bond acceptors (Lipinski definition) is 6. The van der Waals surface area contributed by atoms with Crippen LogP contribution in [0.4, 0.5) is 5.69 Å². The van der Waals surface area contributed by atoms with Gasteiger partial charge in [-0.1, -0.05) is 0 Å². The molecule has 2 aromatic heterocycles. The molecular formula is C22H27N5O2S. The number of amides is 1. The van der Waals surface area contributed by atoms with Crippen LogP contribution in [-0.4, -0.2) is 64.4 Å². The Labute approximate surface area is 180 Å². The molecule has 1 amide bonds. The summed E-state index contributed by atoms with van der Waals surface area (Å²) in [5.74, 6) is 0.0807. The number of piperazine rings is 1. The maximum absolute atomic E-state index is 12.9. The van der Waals surface area contributed by atoms with Crippen molar-refractivity contribution in [2.45, 2.75) is 20.4 Å². The van der Waals surface area contributed by atoms with Crippen molar-refractivity contribution < 1.29 is 4.79 Å². The number of rotatable bonds is 6. The van der Waals surface area contributed by atoms with Crippen LogP contribution in [0.25, 0.3) is 4.96 Å². The summed E-state index contributed by atoms with van der Waals surface area (Å²) in [4.78, 5) is 36.8. The molecule has 0 bridgehead atoms. The minimum atomic E-state index is -0.0433. The second-order valence-electron chi connectivity index (χ2n) is 7.43. The van der Waals surface area contributed by atoms with Gasteiger partial charge in [-0.25, -0.2) is 4.98 Å². The van der Waals surface area contributed by atoms with E-state index >= 15 is 0 Å². The summed E-state index contributed by atoms with van der Waals surface area (Å²) in [6.07, 6.45) is 1.75. The van der Waals surface area contributed by atoms with Gasteiger partial charge in [-0.15, -0.1) is 11.3 Å². The van der Waals surface area contributed by atoms with Crippen LogP contribution < -0.4 is 10.5 Å². The molecule has 0 aliphatic carbocycles. The number of anilines is 1. The number of fused-ring (bicyclic) bond motifs is 1. The van der Waals surface area contributed by atoms with Crippen molar-refractivity contribution in [2.24, 2.45) is 0 Å². The zero-order chi connectivity index (χ0) is 21.1. The number of benzene rings is 1. The number of thiazole rings is 1. The van der Waals surface area contributed by atoms with Crippen LogP contribution in [0.3, 0.4) is 0 Å². The third-order valence-corrected chi connectivity index (χ3v) is 6.40. The molecule has 1 saturated heterocycles. The molecule has 1 fully saturated rings. The van der Waals surface area contributed by atoms with Gasteiger partial charge >= 0.3 is 0 Å². The molecule has 0 saturated carbocycles. The highest BCUT2D eigenvalue weighted by Crippen LogP contribution is 2.17. The van der Waals surface area contributed by atoms with E-state index in [4.69, 9.17) is 0 Å². The molecule has 3 aromatic rings. The Bertz CT molecular complexity index is 1060. The van der Waals surface area contributed by atoms with E-state index in [1.807, 2.05) is 34.5 Å². The summed E-state index contributed by atoms with van der Waals surface area (Å²) in [7, 11) is 0. The van der Waals surface area contributed by atoms with E-state index in [9.17, 15) is 9.59 Å². The molecule has 7 nitrogen and oxygen atoms in total. The monoisotopic (exact) mass is 425 g/mol. The maximum atomic E-state index is 12.9. The molecule has 0 spiro atoms. The highest BCUT2D eigenvalue weighted by atomic mass is 32.1. The van der Waals surface area contributed by atoms with Crippen molar-refractivity contribution in [3.8, 4) is 0 Å². The van der Waals surface area contributed by atoms with Crippen molar-refractivity contribution in [1.82, 2.24) is 19.2 Å². The van der Waals surface area contributed by atoms with E-state index in [2.05, 4.69) is 28.6 Å². The Hall–Kier alpha value is -2.71. The summed E-state index contributed by atoms with van der Waals surface area (Å²) in [6.45, 7) is 9.69.